The zero-order chi connectivity index (χ0) is 14.4. The summed E-state index contributed by atoms with van der Waals surface area (Å²) in [7, 11) is 0. The molecule has 19 heavy (non-hydrogen) atoms. The van der Waals surface area contributed by atoms with Crippen LogP contribution in [0.5, 0.6) is 0 Å². The van der Waals surface area contributed by atoms with Crippen LogP contribution in [0.2, 0.25) is 5.15 Å². The van der Waals surface area contributed by atoms with Crippen LogP contribution in [0, 0.1) is 10.1 Å². The summed E-state index contributed by atoms with van der Waals surface area (Å²) in [6.45, 7) is 4.94. The van der Waals surface area contributed by atoms with E-state index in [4.69, 9.17) is 11.6 Å². The second-order valence-corrected chi connectivity index (χ2v) is 4.75. The van der Waals surface area contributed by atoms with Gasteiger partial charge in [0.05, 0.1) is 10.7 Å². The lowest BCUT2D eigenvalue weighted by Gasteiger charge is -2.17. The summed E-state index contributed by atoms with van der Waals surface area (Å²) < 4.78 is 0. The summed E-state index contributed by atoms with van der Waals surface area (Å²) >= 11 is 6.64. The third-order valence-electron chi connectivity index (χ3n) is 2.38. The Bertz CT molecular complexity index is 482. The van der Waals surface area contributed by atoms with Crippen molar-refractivity contribution in [1.82, 2.24) is 14.9 Å². The van der Waals surface area contributed by atoms with Crippen molar-refractivity contribution in [1.29, 1.82) is 0 Å². The van der Waals surface area contributed by atoms with Crippen molar-refractivity contribution in [2.75, 3.05) is 18.8 Å². The van der Waals surface area contributed by atoms with Crippen LogP contribution in [-0.4, -0.2) is 44.5 Å². The highest BCUT2D eigenvalue weighted by atomic mass is 35.5. The van der Waals surface area contributed by atoms with Gasteiger partial charge in [-0.25, -0.2) is 9.97 Å². The van der Waals surface area contributed by atoms with Gasteiger partial charge in [-0.15, -0.1) is 0 Å². The maximum absolute atomic E-state index is 11.8. The van der Waals surface area contributed by atoms with Gasteiger partial charge in [-0.1, -0.05) is 23.4 Å². The van der Waals surface area contributed by atoms with E-state index < -0.39 is 4.92 Å². The second kappa shape index (κ2) is 7.25. The first kappa shape index (κ1) is 15.6. The Morgan fingerprint density at radius 1 is 1.47 bits per heavy atom. The van der Waals surface area contributed by atoms with Gasteiger partial charge in [-0.2, -0.15) is 0 Å². The van der Waals surface area contributed by atoms with Crippen molar-refractivity contribution in [3.05, 3.63) is 21.6 Å². The highest BCUT2D eigenvalue weighted by molar-refractivity contribution is 8.00. The minimum Gasteiger partial charge on any atom is -0.343 e. The fraction of sp³-hybridized carbons (Fsp3) is 0.500. The molecule has 104 valence electrons. The van der Waals surface area contributed by atoms with Gasteiger partial charge in [-0.05, 0) is 13.8 Å². The Morgan fingerprint density at radius 3 is 2.63 bits per heavy atom. The van der Waals surface area contributed by atoms with Gasteiger partial charge in [0.25, 0.3) is 0 Å². The van der Waals surface area contributed by atoms with Gasteiger partial charge >= 0.3 is 5.69 Å². The average Bonchev–Trinajstić information content (AvgIpc) is 2.37. The Hall–Kier alpha value is -1.41. The Labute approximate surface area is 119 Å². The molecule has 0 fully saturated rings. The van der Waals surface area contributed by atoms with E-state index in [1.54, 1.807) is 4.90 Å². The van der Waals surface area contributed by atoms with Gasteiger partial charge in [0.2, 0.25) is 11.1 Å². The Morgan fingerprint density at radius 2 is 2.11 bits per heavy atom. The van der Waals surface area contributed by atoms with Crippen molar-refractivity contribution >= 4 is 35.0 Å². The zero-order valence-electron chi connectivity index (χ0n) is 10.5. The standard InChI is InChI=1S/C10H13ClN4O3S/c1-3-14(4-2)7(16)5-19-10-8(15(17)18)9(11)12-6-13-10/h6H,3-5H2,1-2H3. The van der Waals surface area contributed by atoms with Gasteiger partial charge in [0.15, 0.2) is 5.03 Å². The van der Waals surface area contributed by atoms with Crippen molar-refractivity contribution < 1.29 is 9.72 Å². The number of nitrogens with zero attached hydrogens (tertiary/aromatic N) is 4. The molecule has 0 atom stereocenters. The predicted molar refractivity (Wildman–Crippen MR) is 72.3 cm³/mol. The van der Waals surface area contributed by atoms with E-state index in [2.05, 4.69) is 9.97 Å². The summed E-state index contributed by atoms with van der Waals surface area (Å²) in [6, 6.07) is 0. The topological polar surface area (TPSA) is 89.2 Å². The number of aromatic nitrogens is 2. The molecule has 0 spiro atoms. The van der Waals surface area contributed by atoms with E-state index in [0.717, 1.165) is 18.1 Å². The summed E-state index contributed by atoms with van der Waals surface area (Å²) in [6.07, 6.45) is 1.14. The van der Waals surface area contributed by atoms with E-state index in [0.29, 0.717) is 13.1 Å². The molecule has 1 heterocycles. The van der Waals surface area contributed by atoms with Gasteiger partial charge in [0, 0.05) is 13.1 Å². The van der Waals surface area contributed by atoms with Crippen LogP contribution in [0.3, 0.4) is 0 Å². The molecule has 0 aromatic carbocycles. The molecule has 0 bridgehead atoms. The quantitative estimate of drug-likeness (QED) is 0.345. The van der Waals surface area contributed by atoms with Crippen molar-refractivity contribution in [2.45, 2.75) is 18.9 Å². The molecule has 1 aromatic heterocycles. The Kier molecular flexibility index (Phi) is 5.97. The molecule has 7 nitrogen and oxygen atoms in total. The molecule has 1 amide bonds. The third-order valence-corrected chi connectivity index (χ3v) is 3.62. The molecule has 1 rings (SSSR count). The lowest BCUT2D eigenvalue weighted by atomic mass is 10.5. The highest BCUT2D eigenvalue weighted by Gasteiger charge is 2.23. The van der Waals surface area contributed by atoms with Crippen LogP contribution in [0.1, 0.15) is 13.8 Å². The summed E-state index contributed by atoms with van der Waals surface area (Å²) in [5.74, 6) is -0.0189. The van der Waals surface area contributed by atoms with Crippen LogP contribution in [0.4, 0.5) is 5.69 Å². The number of amides is 1. The van der Waals surface area contributed by atoms with E-state index in [-0.39, 0.29) is 27.5 Å². The first-order valence-corrected chi connectivity index (χ1v) is 6.93. The van der Waals surface area contributed by atoms with Crippen LogP contribution >= 0.6 is 23.4 Å². The van der Waals surface area contributed by atoms with E-state index >= 15 is 0 Å². The fourth-order valence-electron chi connectivity index (χ4n) is 1.40. The molecule has 0 aliphatic carbocycles. The largest absolute Gasteiger partial charge is 0.343 e. The minimum atomic E-state index is -0.646. The molecule has 0 aliphatic heterocycles. The smallest absolute Gasteiger partial charge is 0.338 e. The summed E-state index contributed by atoms with van der Waals surface area (Å²) in [4.78, 5) is 31.0. The normalized spacial score (nSPS) is 10.3. The lowest BCUT2D eigenvalue weighted by molar-refractivity contribution is -0.388. The molecule has 0 N–H and O–H groups in total. The molecule has 0 unspecified atom stereocenters. The predicted octanol–water partition coefficient (Wildman–Crippen LogP) is 2.00. The molecule has 0 saturated heterocycles. The van der Waals surface area contributed by atoms with Crippen molar-refractivity contribution in [3.63, 3.8) is 0 Å². The monoisotopic (exact) mass is 304 g/mol. The first-order chi connectivity index (χ1) is 9.01. The maximum Gasteiger partial charge on any atom is 0.338 e. The van der Waals surface area contributed by atoms with E-state index in [1.807, 2.05) is 13.8 Å². The van der Waals surface area contributed by atoms with Crippen LogP contribution in [0.15, 0.2) is 11.4 Å². The number of carbonyl (C=O) groups excluding carboxylic acids is 1. The van der Waals surface area contributed by atoms with Crippen LogP contribution in [0.25, 0.3) is 0 Å². The van der Waals surface area contributed by atoms with Gasteiger partial charge in [0.1, 0.15) is 6.33 Å². The molecule has 0 radical (unpaired) electrons. The van der Waals surface area contributed by atoms with Crippen molar-refractivity contribution in [2.24, 2.45) is 0 Å². The minimum absolute atomic E-state index is 0.0792. The van der Waals surface area contributed by atoms with Crippen LogP contribution < -0.4 is 0 Å². The molecule has 0 saturated carbocycles. The zero-order valence-corrected chi connectivity index (χ0v) is 12.1. The summed E-state index contributed by atoms with van der Waals surface area (Å²) in [5.41, 5.74) is -0.360. The maximum atomic E-state index is 11.8. The number of halogens is 1. The fourth-order valence-corrected chi connectivity index (χ4v) is 2.53. The van der Waals surface area contributed by atoms with Crippen LogP contribution in [-0.2, 0) is 4.79 Å². The van der Waals surface area contributed by atoms with Gasteiger partial charge in [-0.3, -0.25) is 14.9 Å². The number of hydrogen-bond acceptors (Lipinski definition) is 6. The molecule has 0 aliphatic rings. The third kappa shape index (κ3) is 4.03. The average molecular weight is 305 g/mol. The number of hydrogen-bond donors (Lipinski definition) is 0. The second-order valence-electron chi connectivity index (χ2n) is 3.43. The number of nitro groups is 1. The van der Waals surface area contributed by atoms with Crippen molar-refractivity contribution in [3.8, 4) is 0 Å². The van der Waals surface area contributed by atoms with E-state index in [9.17, 15) is 14.9 Å². The summed E-state index contributed by atoms with van der Waals surface area (Å²) in [5, 5.41) is 10.7. The number of carbonyl (C=O) groups is 1. The molecule has 1 aromatic rings. The van der Waals surface area contributed by atoms with Gasteiger partial charge < -0.3 is 4.90 Å². The molecule has 9 heteroatoms. The number of thioether (sulfide) groups is 1. The lowest BCUT2D eigenvalue weighted by Crippen LogP contribution is -2.31. The molecular formula is C10H13ClN4O3S. The Balaban J connectivity index is 2.81. The van der Waals surface area contributed by atoms with E-state index in [1.165, 1.54) is 0 Å². The SMILES string of the molecule is CCN(CC)C(=O)CSc1ncnc(Cl)c1[N+](=O)[O-]. The molecular weight excluding hydrogens is 292 g/mol. The highest BCUT2D eigenvalue weighted by Crippen LogP contribution is 2.31. The first-order valence-electron chi connectivity index (χ1n) is 5.56. The number of rotatable bonds is 6.